The van der Waals surface area contributed by atoms with Crippen molar-refractivity contribution in [3.63, 3.8) is 0 Å². The Labute approximate surface area is 260 Å². The maximum absolute atomic E-state index is 5.21. The third kappa shape index (κ3) is 4.21. The second-order valence-corrected chi connectivity index (χ2v) is 11.4. The van der Waals surface area contributed by atoms with Crippen molar-refractivity contribution in [2.75, 3.05) is 0 Å². The van der Waals surface area contributed by atoms with Gasteiger partial charge in [0.2, 0.25) is 0 Å². The molecule has 0 aliphatic rings. The van der Waals surface area contributed by atoms with Gasteiger partial charge < -0.3 is 4.57 Å². The second kappa shape index (κ2) is 10.3. The molecule has 210 valence electrons. The normalized spacial score (nSPS) is 11.6. The lowest BCUT2D eigenvalue weighted by Crippen LogP contribution is -1.98. The lowest BCUT2D eigenvalue weighted by Gasteiger charge is -2.14. The van der Waals surface area contributed by atoms with Crippen LogP contribution in [0.25, 0.3) is 82.9 Å². The van der Waals surface area contributed by atoms with Gasteiger partial charge in [0, 0.05) is 33.2 Å². The minimum Gasteiger partial charge on any atom is -0.309 e. The van der Waals surface area contributed by atoms with E-state index in [0.717, 1.165) is 33.8 Å². The fraction of sp³-hybridized carbons (Fsp3) is 0. The van der Waals surface area contributed by atoms with Gasteiger partial charge in [0.05, 0.1) is 22.4 Å². The number of hydrogen-bond donors (Lipinski definition) is 0. The Kier molecular flexibility index (Phi) is 5.82. The number of hydrogen-bond acceptors (Lipinski definition) is 2. The van der Waals surface area contributed by atoms with Crippen LogP contribution < -0.4 is 0 Å². The maximum atomic E-state index is 5.21. The Morgan fingerprint density at radius 1 is 0.378 bits per heavy atom. The van der Waals surface area contributed by atoms with Crippen LogP contribution in [-0.2, 0) is 0 Å². The van der Waals surface area contributed by atoms with E-state index in [1.165, 1.54) is 43.4 Å². The molecule has 0 unspecified atom stereocenters. The van der Waals surface area contributed by atoms with Crippen LogP contribution in [0.15, 0.2) is 164 Å². The summed E-state index contributed by atoms with van der Waals surface area (Å²) >= 11 is 0. The third-order valence-corrected chi connectivity index (χ3v) is 8.79. The number of para-hydroxylation sites is 2. The average molecular weight is 574 g/mol. The number of rotatable bonds is 4. The van der Waals surface area contributed by atoms with Crippen LogP contribution in [0.1, 0.15) is 0 Å². The summed E-state index contributed by atoms with van der Waals surface area (Å²) in [6, 6.07) is 57.8. The molecule has 3 heteroatoms. The first-order valence-corrected chi connectivity index (χ1v) is 15.3. The Hall–Kier alpha value is -6.06. The predicted octanol–water partition coefficient (Wildman–Crippen LogP) is 10.9. The third-order valence-electron chi connectivity index (χ3n) is 8.79. The minimum atomic E-state index is 0.714. The summed E-state index contributed by atoms with van der Waals surface area (Å²) < 4.78 is 2.34. The second-order valence-electron chi connectivity index (χ2n) is 11.4. The molecule has 0 amide bonds. The van der Waals surface area contributed by atoms with Crippen molar-refractivity contribution in [3.8, 4) is 39.6 Å². The smallest absolute Gasteiger partial charge is 0.160 e. The predicted molar refractivity (Wildman–Crippen MR) is 188 cm³/mol. The maximum Gasteiger partial charge on any atom is 0.160 e. The van der Waals surface area contributed by atoms with Gasteiger partial charge in [-0.3, -0.25) is 0 Å². The molecule has 0 saturated carbocycles. The molecule has 45 heavy (non-hydrogen) atoms. The topological polar surface area (TPSA) is 30.7 Å². The van der Waals surface area contributed by atoms with Crippen LogP contribution in [0.4, 0.5) is 0 Å². The monoisotopic (exact) mass is 573 g/mol. The molecular weight excluding hydrogens is 546 g/mol. The van der Waals surface area contributed by atoms with Crippen molar-refractivity contribution in [2.45, 2.75) is 0 Å². The van der Waals surface area contributed by atoms with E-state index in [0.29, 0.717) is 5.82 Å². The van der Waals surface area contributed by atoms with Crippen molar-refractivity contribution in [3.05, 3.63) is 164 Å². The molecule has 2 heterocycles. The highest BCUT2D eigenvalue weighted by atomic mass is 15.0. The molecule has 3 nitrogen and oxygen atoms in total. The first-order valence-electron chi connectivity index (χ1n) is 15.3. The van der Waals surface area contributed by atoms with Gasteiger partial charge in [-0.25, -0.2) is 9.97 Å². The fourth-order valence-electron chi connectivity index (χ4n) is 6.71. The van der Waals surface area contributed by atoms with Gasteiger partial charge in [0.15, 0.2) is 5.82 Å². The molecule has 2 aromatic heterocycles. The van der Waals surface area contributed by atoms with E-state index in [4.69, 9.17) is 9.97 Å². The SMILES string of the molecule is c1ccc(-c2nc(-c3ccc(-n4c5ccccc5c5ccccc54)cc3)cc(-c3c4ccccc4cc4ccccc34)n2)cc1. The highest BCUT2D eigenvalue weighted by molar-refractivity contribution is 6.12. The first kappa shape index (κ1) is 25.4. The molecule has 0 N–H and O–H groups in total. The first-order chi connectivity index (χ1) is 22.3. The van der Waals surface area contributed by atoms with Crippen LogP contribution in [0.3, 0.4) is 0 Å². The highest BCUT2D eigenvalue weighted by Gasteiger charge is 2.16. The van der Waals surface area contributed by atoms with Crippen LogP contribution in [0.5, 0.6) is 0 Å². The Bertz CT molecular complexity index is 2420. The molecule has 9 aromatic rings. The number of benzene rings is 7. The standard InChI is InChI=1S/C42H27N3/c1-2-12-29(13-3-1)42-43-37(27-38(44-42)41-33-16-6-4-14-30(33)26-31-15-5-7-17-34(31)41)28-22-24-32(25-23-28)45-39-20-10-8-18-35(39)36-19-9-11-21-40(36)45/h1-27H. The van der Waals surface area contributed by atoms with Gasteiger partial charge in [-0.05, 0) is 57.9 Å². The molecule has 9 rings (SSSR count). The van der Waals surface area contributed by atoms with E-state index in [-0.39, 0.29) is 0 Å². The van der Waals surface area contributed by atoms with E-state index >= 15 is 0 Å². The van der Waals surface area contributed by atoms with E-state index in [1.807, 2.05) is 18.2 Å². The van der Waals surface area contributed by atoms with E-state index in [2.05, 4.69) is 150 Å². The summed E-state index contributed by atoms with van der Waals surface area (Å²) in [5.74, 6) is 0.714. The summed E-state index contributed by atoms with van der Waals surface area (Å²) in [6.45, 7) is 0. The molecule has 0 bridgehead atoms. The molecule has 7 aromatic carbocycles. The van der Waals surface area contributed by atoms with E-state index < -0.39 is 0 Å². The summed E-state index contributed by atoms with van der Waals surface area (Å²) in [7, 11) is 0. The minimum absolute atomic E-state index is 0.714. The molecule has 0 atom stereocenters. The lowest BCUT2D eigenvalue weighted by atomic mass is 9.94. The molecule has 0 saturated heterocycles. The summed E-state index contributed by atoms with van der Waals surface area (Å²) in [5, 5.41) is 7.27. The van der Waals surface area contributed by atoms with Gasteiger partial charge in [0.1, 0.15) is 0 Å². The van der Waals surface area contributed by atoms with Gasteiger partial charge >= 0.3 is 0 Å². The van der Waals surface area contributed by atoms with Crippen LogP contribution in [-0.4, -0.2) is 14.5 Å². The number of nitrogens with zero attached hydrogens (tertiary/aromatic N) is 3. The van der Waals surface area contributed by atoms with Crippen molar-refractivity contribution in [2.24, 2.45) is 0 Å². The van der Waals surface area contributed by atoms with Crippen molar-refractivity contribution >= 4 is 43.4 Å². The quantitative estimate of drug-likeness (QED) is 0.196. The van der Waals surface area contributed by atoms with Gasteiger partial charge in [-0.15, -0.1) is 0 Å². The molecule has 0 aliphatic heterocycles. The molecular formula is C42H27N3. The Balaban J connectivity index is 1.25. The summed E-state index contributed by atoms with van der Waals surface area (Å²) in [4.78, 5) is 10.3. The molecule has 0 spiro atoms. The molecule has 0 fully saturated rings. The van der Waals surface area contributed by atoms with Gasteiger partial charge in [-0.1, -0.05) is 127 Å². The Morgan fingerprint density at radius 3 is 1.51 bits per heavy atom. The zero-order chi connectivity index (χ0) is 29.7. The van der Waals surface area contributed by atoms with Gasteiger partial charge in [0.25, 0.3) is 0 Å². The number of aromatic nitrogens is 3. The van der Waals surface area contributed by atoms with Crippen molar-refractivity contribution in [1.29, 1.82) is 0 Å². The zero-order valence-electron chi connectivity index (χ0n) is 24.4. The number of fused-ring (bicyclic) bond motifs is 5. The summed E-state index contributed by atoms with van der Waals surface area (Å²) in [6.07, 6.45) is 0. The lowest BCUT2D eigenvalue weighted by molar-refractivity contribution is 1.17. The molecule has 0 radical (unpaired) electrons. The highest BCUT2D eigenvalue weighted by Crippen LogP contribution is 2.38. The largest absolute Gasteiger partial charge is 0.309 e. The summed E-state index contributed by atoms with van der Waals surface area (Å²) in [5.41, 5.74) is 8.50. The van der Waals surface area contributed by atoms with Crippen molar-refractivity contribution in [1.82, 2.24) is 14.5 Å². The van der Waals surface area contributed by atoms with Crippen LogP contribution in [0, 0.1) is 0 Å². The fourth-order valence-corrected chi connectivity index (χ4v) is 6.71. The molecule has 0 aliphatic carbocycles. The van der Waals surface area contributed by atoms with E-state index in [1.54, 1.807) is 0 Å². The van der Waals surface area contributed by atoms with Crippen LogP contribution >= 0.6 is 0 Å². The van der Waals surface area contributed by atoms with Crippen molar-refractivity contribution < 1.29 is 0 Å². The van der Waals surface area contributed by atoms with Gasteiger partial charge in [-0.2, -0.15) is 0 Å². The van der Waals surface area contributed by atoms with E-state index in [9.17, 15) is 0 Å². The Morgan fingerprint density at radius 2 is 0.889 bits per heavy atom. The zero-order valence-corrected chi connectivity index (χ0v) is 24.4. The average Bonchev–Trinajstić information content (AvgIpc) is 3.45. The van der Waals surface area contributed by atoms with Crippen LogP contribution in [0.2, 0.25) is 0 Å².